The highest BCUT2D eigenvalue weighted by atomic mass is 32.2. The lowest BCUT2D eigenvalue weighted by Crippen LogP contribution is -2.28. The Hall–Kier alpha value is -1.48. The molecule has 0 saturated carbocycles. The summed E-state index contributed by atoms with van der Waals surface area (Å²) in [5.41, 5.74) is 7.72. The van der Waals surface area contributed by atoms with Crippen molar-refractivity contribution in [2.45, 2.75) is 12.7 Å². The molecular formula is C14H15NOS. The Bertz CT molecular complexity index is 754. The average molecular weight is 245 g/mol. The van der Waals surface area contributed by atoms with Crippen molar-refractivity contribution < 1.29 is 4.21 Å². The molecular weight excluding hydrogens is 230 g/mol. The van der Waals surface area contributed by atoms with Crippen molar-refractivity contribution in [2.75, 3.05) is 5.73 Å². The van der Waals surface area contributed by atoms with Gasteiger partial charge in [-0.25, -0.2) is 0 Å². The van der Waals surface area contributed by atoms with Gasteiger partial charge in [-0.2, -0.15) is 0 Å². The number of allylic oxidation sites excluding steroid dienone is 1. The van der Waals surface area contributed by atoms with Crippen LogP contribution in [0.15, 0.2) is 24.3 Å². The quantitative estimate of drug-likeness (QED) is 0.537. The number of hydrogen-bond donors (Lipinski definition) is 1. The largest absolute Gasteiger partial charge is 0.398 e. The summed E-state index contributed by atoms with van der Waals surface area (Å²) in [6.45, 7) is 2.12. The SMILES string of the molecule is C=S1(=O)Cc2c(N)ccc3c2=C1C=CC(C)C=3. The Morgan fingerprint density at radius 2 is 2.24 bits per heavy atom. The summed E-state index contributed by atoms with van der Waals surface area (Å²) >= 11 is 0. The third kappa shape index (κ3) is 1.46. The van der Waals surface area contributed by atoms with Crippen LogP contribution in [0.1, 0.15) is 12.5 Å². The van der Waals surface area contributed by atoms with Crippen LogP contribution in [0.4, 0.5) is 5.69 Å². The predicted octanol–water partition coefficient (Wildman–Crippen LogP) is 0.593. The molecule has 2 nitrogen and oxygen atoms in total. The molecule has 2 atom stereocenters. The first-order valence-electron chi connectivity index (χ1n) is 5.66. The monoisotopic (exact) mass is 245 g/mol. The smallest absolute Gasteiger partial charge is 0.0479 e. The topological polar surface area (TPSA) is 43.1 Å². The molecule has 1 heterocycles. The zero-order valence-electron chi connectivity index (χ0n) is 9.77. The van der Waals surface area contributed by atoms with E-state index in [1.54, 1.807) is 0 Å². The minimum absolute atomic E-state index is 0.344. The summed E-state index contributed by atoms with van der Waals surface area (Å²) < 4.78 is 12.5. The standard InChI is InChI=1S/C14H15NOS/c1-9-3-6-13-14-10(7-9)4-5-12(15)11(14)8-17(13,2)16/h3-7,9H,2,8,15H2,1H3. The van der Waals surface area contributed by atoms with Gasteiger partial charge in [0.2, 0.25) is 0 Å². The summed E-state index contributed by atoms with van der Waals surface area (Å²) in [7, 11) is -2.21. The van der Waals surface area contributed by atoms with E-state index >= 15 is 0 Å². The first-order valence-corrected chi connectivity index (χ1v) is 7.55. The molecule has 0 amide bonds. The maximum Gasteiger partial charge on any atom is 0.0479 e. The molecule has 88 valence electrons. The van der Waals surface area contributed by atoms with Crippen LogP contribution in [-0.4, -0.2) is 10.1 Å². The second kappa shape index (κ2) is 3.26. The first-order chi connectivity index (χ1) is 7.99. The van der Waals surface area contributed by atoms with Crippen LogP contribution in [0.25, 0.3) is 11.0 Å². The number of hydrogen-bond acceptors (Lipinski definition) is 2. The first kappa shape index (κ1) is 10.7. The van der Waals surface area contributed by atoms with Crippen LogP contribution in [-0.2, 0) is 15.3 Å². The number of nitrogen functional groups attached to an aromatic ring is 1. The molecule has 17 heavy (non-hydrogen) atoms. The fourth-order valence-electron chi connectivity index (χ4n) is 2.55. The van der Waals surface area contributed by atoms with Crippen molar-refractivity contribution in [3.8, 4) is 0 Å². The molecule has 0 fully saturated rings. The van der Waals surface area contributed by atoms with Crippen LogP contribution in [0.5, 0.6) is 0 Å². The van der Waals surface area contributed by atoms with Gasteiger partial charge in [0.25, 0.3) is 0 Å². The molecule has 3 rings (SSSR count). The molecule has 2 aliphatic rings. The second-order valence-corrected chi connectivity index (χ2v) is 7.16. The molecule has 0 radical (unpaired) electrons. The number of anilines is 1. The lowest BCUT2D eigenvalue weighted by Gasteiger charge is -2.04. The van der Waals surface area contributed by atoms with E-state index in [-0.39, 0.29) is 0 Å². The van der Waals surface area contributed by atoms with Gasteiger partial charge in [-0.05, 0) is 34.7 Å². The van der Waals surface area contributed by atoms with Gasteiger partial charge in [-0.15, -0.1) is 0 Å². The van der Waals surface area contributed by atoms with E-state index in [4.69, 9.17) is 5.73 Å². The maximum atomic E-state index is 12.5. The van der Waals surface area contributed by atoms with Gasteiger partial charge in [-0.1, -0.05) is 25.1 Å². The van der Waals surface area contributed by atoms with Crippen LogP contribution in [0, 0.1) is 5.92 Å². The predicted molar refractivity (Wildman–Crippen MR) is 75.2 cm³/mol. The molecule has 0 bridgehead atoms. The van der Waals surface area contributed by atoms with E-state index in [1.165, 1.54) is 0 Å². The number of benzene rings is 1. The molecule has 1 aliphatic carbocycles. The molecule has 1 aliphatic heterocycles. The Morgan fingerprint density at radius 3 is 3.00 bits per heavy atom. The van der Waals surface area contributed by atoms with E-state index in [1.807, 2.05) is 18.2 Å². The molecule has 3 heteroatoms. The molecule has 1 aromatic carbocycles. The molecule has 1 aromatic rings. The average Bonchev–Trinajstić information content (AvgIpc) is 2.41. The highest BCUT2D eigenvalue weighted by molar-refractivity contribution is 8.08. The molecule has 2 unspecified atom stereocenters. The van der Waals surface area contributed by atoms with Gasteiger partial charge < -0.3 is 5.73 Å². The van der Waals surface area contributed by atoms with Gasteiger partial charge in [0.05, 0.1) is 0 Å². The zero-order chi connectivity index (χ0) is 12.2. The normalized spacial score (nSPS) is 29.7. The molecule has 0 aromatic heterocycles. The Labute approximate surface area is 101 Å². The second-order valence-electron chi connectivity index (χ2n) is 4.80. The highest BCUT2D eigenvalue weighted by Crippen LogP contribution is 2.25. The summed E-state index contributed by atoms with van der Waals surface area (Å²) in [6, 6.07) is 3.92. The van der Waals surface area contributed by atoms with E-state index < -0.39 is 9.52 Å². The van der Waals surface area contributed by atoms with Gasteiger partial charge in [0.15, 0.2) is 0 Å². The summed E-state index contributed by atoms with van der Waals surface area (Å²) in [5, 5.41) is 2.20. The summed E-state index contributed by atoms with van der Waals surface area (Å²) in [6.07, 6.45) is 6.23. The number of rotatable bonds is 0. The molecule has 0 spiro atoms. The lowest BCUT2D eigenvalue weighted by atomic mass is 10.1. The summed E-state index contributed by atoms with van der Waals surface area (Å²) in [5.74, 6) is 4.71. The Kier molecular flexibility index (Phi) is 2.05. The van der Waals surface area contributed by atoms with Crippen molar-refractivity contribution in [2.24, 2.45) is 5.92 Å². The Morgan fingerprint density at radius 1 is 1.47 bits per heavy atom. The molecule has 0 saturated heterocycles. The van der Waals surface area contributed by atoms with Crippen molar-refractivity contribution in [3.05, 3.63) is 40.3 Å². The number of nitrogens with two attached hydrogens (primary N) is 1. The fourth-order valence-corrected chi connectivity index (χ4v) is 4.42. The van der Waals surface area contributed by atoms with Crippen molar-refractivity contribution >= 4 is 32.1 Å². The van der Waals surface area contributed by atoms with Gasteiger partial charge in [0, 0.05) is 31.1 Å². The van der Waals surface area contributed by atoms with Crippen molar-refractivity contribution in [1.29, 1.82) is 0 Å². The van der Waals surface area contributed by atoms with Gasteiger partial charge >= 0.3 is 0 Å². The van der Waals surface area contributed by atoms with E-state index in [0.717, 1.165) is 26.6 Å². The van der Waals surface area contributed by atoms with Crippen LogP contribution < -0.4 is 16.2 Å². The van der Waals surface area contributed by atoms with Crippen LogP contribution >= 0.6 is 0 Å². The highest BCUT2D eigenvalue weighted by Gasteiger charge is 2.24. The van der Waals surface area contributed by atoms with E-state index in [2.05, 4.69) is 24.9 Å². The van der Waals surface area contributed by atoms with Crippen molar-refractivity contribution in [1.82, 2.24) is 0 Å². The van der Waals surface area contributed by atoms with Gasteiger partial charge in [0.1, 0.15) is 0 Å². The van der Waals surface area contributed by atoms with Crippen molar-refractivity contribution in [3.63, 3.8) is 0 Å². The van der Waals surface area contributed by atoms with Crippen LogP contribution in [0.3, 0.4) is 0 Å². The van der Waals surface area contributed by atoms with E-state index in [0.29, 0.717) is 11.7 Å². The van der Waals surface area contributed by atoms with Gasteiger partial charge in [-0.3, -0.25) is 4.21 Å². The van der Waals surface area contributed by atoms with E-state index in [9.17, 15) is 4.21 Å². The maximum absolute atomic E-state index is 12.5. The minimum Gasteiger partial charge on any atom is -0.398 e. The fraction of sp³-hybridized carbons (Fsp3) is 0.214. The Balaban J connectivity index is 2.59. The minimum atomic E-state index is -2.21. The third-order valence-electron chi connectivity index (χ3n) is 3.40. The third-order valence-corrected chi connectivity index (χ3v) is 5.30. The lowest BCUT2D eigenvalue weighted by molar-refractivity contribution is 0.687. The van der Waals surface area contributed by atoms with Crippen LogP contribution in [0.2, 0.25) is 0 Å². The zero-order valence-corrected chi connectivity index (χ0v) is 10.6. The summed E-state index contributed by atoms with van der Waals surface area (Å²) in [4.78, 5) is 0.871. The molecule has 2 N–H and O–H groups in total.